The van der Waals surface area contributed by atoms with Crippen LogP contribution < -0.4 is 15.4 Å². The van der Waals surface area contributed by atoms with Gasteiger partial charge in [-0.2, -0.15) is 0 Å². The lowest BCUT2D eigenvalue weighted by molar-refractivity contribution is 0.0255. The number of nitrogens with one attached hydrogen (secondary N) is 2. The van der Waals surface area contributed by atoms with Crippen LogP contribution in [-0.2, 0) is 16.1 Å². The molecule has 0 radical (unpaired) electrons. The Bertz CT molecular complexity index is 925. The molecule has 170 valence electrons. The smallest absolute Gasteiger partial charge is 0.407 e. The highest BCUT2D eigenvalue weighted by Crippen LogP contribution is 2.46. The Kier molecular flexibility index (Phi) is 6.21. The van der Waals surface area contributed by atoms with Crippen LogP contribution in [-0.4, -0.2) is 31.5 Å². The quantitative estimate of drug-likeness (QED) is 0.663. The van der Waals surface area contributed by atoms with Crippen molar-refractivity contribution in [3.05, 3.63) is 59.7 Å². The molecule has 6 heteroatoms. The van der Waals surface area contributed by atoms with Gasteiger partial charge in [0.15, 0.2) is 0 Å². The summed E-state index contributed by atoms with van der Waals surface area (Å²) in [5.74, 6) is 1.76. The number of ether oxygens (including phenoxy) is 3. The van der Waals surface area contributed by atoms with Crippen molar-refractivity contribution in [2.75, 3.05) is 18.5 Å². The van der Waals surface area contributed by atoms with Crippen molar-refractivity contribution in [1.29, 1.82) is 0 Å². The normalized spacial score (nSPS) is 25.3. The van der Waals surface area contributed by atoms with Crippen molar-refractivity contribution >= 4 is 11.8 Å². The average molecular weight is 437 g/mol. The van der Waals surface area contributed by atoms with E-state index in [1.807, 2.05) is 36.4 Å². The van der Waals surface area contributed by atoms with E-state index in [9.17, 15) is 4.79 Å². The van der Waals surface area contributed by atoms with Gasteiger partial charge in [-0.05, 0) is 42.5 Å². The Balaban J connectivity index is 1.32. The van der Waals surface area contributed by atoms with Crippen LogP contribution in [0.15, 0.2) is 48.5 Å². The van der Waals surface area contributed by atoms with E-state index in [0.29, 0.717) is 12.0 Å². The third-order valence-electron chi connectivity index (χ3n) is 6.86. The molecule has 2 heterocycles. The van der Waals surface area contributed by atoms with E-state index < -0.39 is 0 Å². The number of amides is 1. The van der Waals surface area contributed by atoms with E-state index in [2.05, 4.69) is 29.7 Å². The summed E-state index contributed by atoms with van der Waals surface area (Å²) in [6.07, 6.45) is 4.09. The lowest BCUT2D eigenvalue weighted by Crippen LogP contribution is -2.45. The predicted molar refractivity (Wildman–Crippen MR) is 123 cm³/mol. The first kappa shape index (κ1) is 21.1. The van der Waals surface area contributed by atoms with Gasteiger partial charge < -0.3 is 24.8 Å². The van der Waals surface area contributed by atoms with Crippen molar-refractivity contribution in [1.82, 2.24) is 5.32 Å². The molecule has 3 aliphatic rings. The molecule has 2 aliphatic heterocycles. The van der Waals surface area contributed by atoms with Gasteiger partial charge in [-0.1, -0.05) is 37.3 Å². The fourth-order valence-corrected chi connectivity index (χ4v) is 4.89. The molecule has 0 aromatic heterocycles. The lowest BCUT2D eigenvalue weighted by Gasteiger charge is -2.39. The zero-order chi connectivity index (χ0) is 21.9. The van der Waals surface area contributed by atoms with Gasteiger partial charge in [-0.15, -0.1) is 0 Å². The molecule has 0 bridgehead atoms. The number of fused-ring (bicyclic) bond motifs is 1. The Labute approximate surface area is 189 Å². The summed E-state index contributed by atoms with van der Waals surface area (Å²) in [7, 11) is 0. The second-order valence-corrected chi connectivity index (χ2v) is 9.23. The molecule has 1 saturated heterocycles. The van der Waals surface area contributed by atoms with Crippen LogP contribution in [0.5, 0.6) is 5.75 Å². The summed E-state index contributed by atoms with van der Waals surface area (Å²) < 4.78 is 17.2. The van der Waals surface area contributed by atoms with Crippen LogP contribution in [0.2, 0.25) is 0 Å². The molecule has 2 fully saturated rings. The summed E-state index contributed by atoms with van der Waals surface area (Å²) >= 11 is 0. The average Bonchev–Trinajstić information content (AvgIpc) is 3.66. The summed E-state index contributed by atoms with van der Waals surface area (Å²) in [5, 5.41) is 6.89. The highest BCUT2D eigenvalue weighted by atomic mass is 16.5. The molecular weight excluding hydrogens is 404 g/mol. The molecule has 2 N–H and O–H groups in total. The molecule has 3 unspecified atom stereocenters. The zero-order valence-corrected chi connectivity index (χ0v) is 18.6. The van der Waals surface area contributed by atoms with Gasteiger partial charge in [0.1, 0.15) is 18.5 Å². The Hall–Kier alpha value is -2.73. The molecule has 5 rings (SSSR count). The van der Waals surface area contributed by atoms with E-state index in [0.717, 1.165) is 48.6 Å². The Morgan fingerprint density at radius 2 is 1.88 bits per heavy atom. The van der Waals surface area contributed by atoms with Crippen molar-refractivity contribution in [2.24, 2.45) is 11.8 Å². The minimum absolute atomic E-state index is 0.127. The maximum Gasteiger partial charge on any atom is 0.407 e. The van der Waals surface area contributed by atoms with Gasteiger partial charge >= 0.3 is 6.09 Å². The largest absolute Gasteiger partial charge is 0.490 e. The van der Waals surface area contributed by atoms with Gasteiger partial charge in [0.05, 0.1) is 19.3 Å². The zero-order valence-electron chi connectivity index (χ0n) is 18.6. The van der Waals surface area contributed by atoms with Crippen molar-refractivity contribution in [2.45, 2.75) is 57.4 Å². The molecule has 0 spiro atoms. The number of carbonyl (C=O) groups excluding carboxylic acids is 1. The highest BCUT2D eigenvalue weighted by molar-refractivity contribution is 5.70. The standard InChI is InChI=1S/C26H32N2O4/c1-17-24(19-7-8-19)27-23-10-9-21(32-20-11-13-30-14-12-20)15-22(23)25(17)28-26(29)31-16-18-5-3-2-4-6-18/h2-6,9-10,15,17,19-20,24-25,27H,7-8,11-14,16H2,1H3,(H,28,29). The van der Waals surface area contributed by atoms with Crippen LogP contribution in [0, 0.1) is 11.8 Å². The fourth-order valence-electron chi connectivity index (χ4n) is 4.89. The van der Waals surface area contributed by atoms with E-state index in [4.69, 9.17) is 14.2 Å². The first-order chi connectivity index (χ1) is 15.7. The van der Waals surface area contributed by atoms with Crippen molar-refractivity contribution in [3.63, 3.8) is 0 Å². The van der Waals surface area contributed by atoms with E-state index >= 15 is 0 Å². The summed E-state index contributed by atoms with van der Waals surface area (Å²) in [4.78, 5) is 12.7. The minimum atomic E-state index is -0.385. The predicted octanol–water partition coefficient (Wildman–Crippen LogP) is 5.05. The van der Waals surface area contributed by atoms with Gasteiger partial charge in [-0.3, -0.25) is 0 Å². The van der Waals surface area contributed by atoms with Gasteiger partial charge in [0.2, 0.25) is 0 Å². The van der Waals surface area contributed by atoms with Gasteiger partial charge in [-0.25, -0.2) is 4.79 Å². The Morgan fingerprint density at radius 3 is 2.62 bits per heavy atom. The number of benzene rings is 2. The fraction of sp³-hybridized carbons (Fsp3) is 0.500. The topological polar surface area (TPSA) is 68.8 Å². The molecule has 1 amide bonds. The SMILES string of the molecule is CC1C(NC(=O)OCc2ccccc2)c2cc(OC3CCOCC3)ccc2NC1C1CC1. The van der Waals surface area contributed by atoms with Gasteiger partial charge in [0, 0.05) is 36.1 Å². The van der Waals surface area contributed by atoms with Crippen LogP contribution in [0.4, 0.5) is 10.5 Å². The number of alkyl carbamates (subject to hydrolysis) is 1. The molecule has 3 atom stereocenters. The number of rotatable bonds is 6. The summed E-state index contributed by atoms with van der Waals surface area (Å²) in [6, 6.07) is 16.2. The second-order valence-electron chi connectivity index (χ2n) is 9.23. The first-order valence-corrected chi connectivity index (χ1v) is 11.8. The molecule has 32 heavy (non-hydrogen) atoms. The molecular formula is C26H32N2O4. The molecule has 2 aromatic carbocycles. The summed E-state index contributed by atoms with van der Waals surface area (Å²) in [5.41, 5.74) is 3.12. The molecule has 1 aliphatic carbocycles. The molecule has 2 aromatic rings. The number of carbonyl (C=O) groups is 1. The van der Waals surface area contributed by atoms with Crippen molar-refractivity contribution < 1.29 is 19.0 Å². The minimum Gasteiger partial charge on any atom is -0.490 e. The number of hydrogen-bond donors (Lipinski definition) is 2. The summed E-state index contributed by atoms with van der Waals surface area (Å²) in [6.45, 7) is 3.97. The molecule has 6 nitrogen and oxygen atoms in total. The van der Waals surface area contributed by atoms with Crippen molar-refractivity contribution in [3.8, 4) is 5.75 Å². The van der Waals surface area contributed by atoms with Crippen LogP contribution in [0.1, 0.15) is 49.8 Å². The number of hydrogen-bond acceptors (Lipinski definition) is 5. The highest BCUT2D eigenvalue weighted by Gasteiger charge is 2.42. The lowest BCUT2D eigenvalue weighted by atomic mass is 9.81. The van der Waals surface area contributed by atoms with E-state index in [-0.39, 0.29) is 30.8 Å². The molecule has 1 saturated carbocycles. The number of anilines is 1. The van der Waals surface area contributed by atoms with E-state index in [1.165, 1.54) is 12.8 Å². The maximum atomic E-state index is 12.7. The second kappa shape index (κ2) is 9.41. The van der Waals surface area contributed by atoms with E-state index in [1.54, 1.807) is 0 Å². The third-order valence-corrected chi connectivity index (χ3v) is 6.86. The van der Waals surface area contributed by atoms with Crippen LogP contribution in [0.3, 0.4) is 0 Å². The maximum absolute atomic E-state index is 12.7. The van der Waals surface area contributed by atoms with Crippen LogP contribution in [0.25, 0.3) is 0 Å². The third kappa shape index (κ3) is 4.85. The van der Waals surface area contributed by atoms with Gasteiger partial charge in [0.25, 0.3) is 0 Å². The first-order valence-electron chi connectivity index (χ1n) is 11.8. The van der Waals surface area contributed by atoms with Crippen LogP contribution >= 0.6 is 0 Å². The monoisotopic (exact) mass is 436 g/mol. The Morgan fingerprint density at radius 1 is 1.09 bits per heavy atom.